The summed E-state index contributed by atoms with van der Waals surface area (Å²) >= 11 is 6.06. The first-order valence-electron chi connectivity index (χ1n) is 5.68. The van der Waals surface area contributed by atoms with Gasteiger partial charge in [0.25, 0.3) is 0 Å². The topological polar surface area (TPSA) is 30.7 Å². The predicted octanol–water partition coefficient (Wildman–Crippen LogP) is 3.67. The summed E-state index contributed by atoms with van der Waals surface area (Å²) in [5.74, 6) is 0.409. The molecule has 96 valence electrons. The van der Waals surface area contributed by atoms with Gasteiger partial charge in [0.2, 0.25) is 5.28 Å². The van der Waals surface area contributed by atoms with Crippen LogP contribution in [0.5, 0.6) is 0 Å². The van der Waals surface area contributed by atoms with Crippen LogP contribution in [0.3, 0.4) is 0 Å². The van der Waals surface area contributed by atoms with Gasteiger partial charge < -0.3 is 0 Å². The zero-order valence-corrected chi connectivity index (χ0v) is 11.6. The van der Waals surface area contributed by atoms with Crippen LogP contribution in [0.1, 0.15) is 32.2 Å². The van der Waals surface area contributed by atoms with Gasteiger partial charge in [0.15, 0.2) is 0 Å². The lowest BCUT2D eigenvalue weighted by Gasteiger charge is -2.19. The van der Waals surface area contributed by atoms with Crippen LogP contribution < -0.4 is 0 Å². The maximum atomic E-state index is 13.5. The van der Waals surface area contributed by atoms with Crippen LogP contribution in [0.2, 0.25) is 5.28 Å². The number of hydrogen-bond acceptors (Lipinski definition) is 2. The van der Waals surface area contributed by atoms with Gasteiger partial charge in [-0.3, -0.25) is 4.57 Å². The van der Waals surface area contributed by atoms with Crippen LogP contribution in [-0.4, -0.2) is 14.8 Å². The molecule has 1 aromatic carbocycles. The average molecular weight is 268 g/mol. The summed E-state index contributed by atoms with van der Waals surface area (Å²) in [4.78, 5) is 0. The molecule has 0 amide bonds. The van der Waals surface area contributed by atoms with Crippen LogP contribution in [0.15, 0.2) is 18.2 Å². The standard InChI is InChI=1S/C13H15ClFN3/c1-8-5-9(15)7-10(6-8)18-11(13(2,3)4)16-17-12(18)14/h5-7H,1-4H3. The minimum Gasteiger partial charge on any atom is -0.269 e. The van der Waals surface area contributed by atoms with Crippen LogP contribution in [0.4, 0.5) is 4.39 Å². The zero-order chi connectivity index (χ0) is 13.5. The number of hydrogen-bond donors (Lipinski definition) is 0. The quantitative estimate of drug-likeness (QED) is 0.789. The third kappa shape index (κ3) is 2.38. The van der Waals surface area contributed by atoms with Crippen molar-refractivity contribution in [3.05, 3.63) is 40.7 Å². The minimum absolute atomic E-state index is 0.222. The number of halogens is 2. The maximum absolute atomic E-state index is 13.5. The summed E-state index contributed by atoms with van der Waals surface area (Å²) in [5, 5.41) is 8.20. The molecule has 18 heavy (non-hydrogen) atoms. The van der Waals surface area contributed by atoms with Gasteiger partial charge in [0.1, 0.15) is 11.6 Å². The predicted molar refractivity (Wildman–Crippen MR) is 69.8 cm³/mol. The molecule has 0 aliphatic heterocycles. The normalized spacial score (nSPS) is 11.9. The first-order chi connectivity index (χ1) is 8.29. The molecule has 0 fully saturated rings. The third-order valence-corrected chi connectivity index (χ3v) is 2.82. The molecule has 0 spiro atoms. The van der Waals surface area contributed by atoms with E-state index in [1.54, 1.807) is 4.57 Å². The summed E-state index contributed by atoms with van der Waals surface area (Å²) in [6, 6.07) is 4.75. The lowest BCUT2D eigenvalue weighted by Crippen LogP contribution is -2.18. The lowest BCUT2D eigenvalue weighted by molar-refractivity contribution is 0.532. The van der Waals surface area contributed by atoms with E-state index in [2.05, 4.69) is 10.2 Å². The SMILES string of the molecule is Cc1cc(F)cc(-n2c(Cl)nnc2C(C)(C)C)c1. The van der Waals surface area contributed by atoms with Crippen molar-refractivity contribution in [3.8, 4) is 5.69 Å². The second-order valence-electron chi connectivity index (χ2n) is 5.36. The monoisotopic (exact) mass is 267 g/mol. The molecule has 0 aliphatic rings. The number of nitrogens with zero attached hydrogens (tertiary/aromatic N) is 3. The zero-order valence-electron chi connectivity index (χ0n) is 10.8. The highest BCUT2D eigenvalue weighted by Crippen LogP contribution is 2.27. The fourth-order valence-corrected chi connectivity index (χ4v) is 2.04. The molecule has 0 unspecified atom stereocenters. The Labute approximate surface area is 111 Å². The molecule has 0 atom stereocenters. The Hall–Kier alpha value is -1.42. The van der Waals surface area contributed by atoms with E-state index >= 15 is 0 Å². The molecule has 0 saturated carbocycles. The third-order valence-electron chi connectivity index (χ3n) is 2.58. The Balaban J connectivity index is 2.67. The molecule has 0 radical (unpaired) electrons. The maximum Gasteiger partial charge on any atom is 0.229 e. The van der Waals surface area contributed by atoms with Crippen molar-refractivity contribution in [1.82, 2.24) is 14.8 Å². The second kappa shape index (κ2) is 4.35. The molecule has 0 saturated heterocycles. The van der Waals surface area contributed by atoms with E-state index in [4.69, 9.17) is 11.6 Å². The summed E-state index contributed by atoms with van der Waals surface area (Å²) in [6.07, 6.45) is 0. The molecular weight excluding hydrogens is 253 g/mol. The van der Waals surface area contributed by atoms with Crippen molar-refractivity contribution in [2.24, 2.45) is 0 Å². The van der Waals surface area contributed by atoms with Crippen LogP contribution in [0, 0.1) is 12.7 Å². The van der Waals surface area contributed by atoms with Gasteiger partial charge >= 0.3 is 0 Å². The first kappa shape index (κ1) is 13.0. The van der Waals surface area contributed by atoms with Crippen molar-refractivity contribution in [2.45, 2.75) is 33.1 Å². The molecule has 2 aromatic rings. The minimum atomic E-state index is -0.297. The Bertz CT molecular complexity index is 564. The molecule has 1 heterocycles. The van der Waals surface area contributed by atoms with Crippen molar-refractivity contribution in [3.63, 3.8) is 0 Å². The molecule has 3 nitrogen and oxygen atoms in total. The Kier molecular flexibility index (Phi) is 3.15. The molecule has 0 N–H and O–H groups in total. The fourth-order valence-electron chi connectivity index (χ4n) is 1.83. The highest BCUT2D eigenvalue weighted by Gasteiger charge is 2.24. The van der Waals surface area contributed by atoms with Crippen molar-refractivity contribution in [2.75, 3.05) is 0 Å². The summed E-state index contributed by atoms with van der Waals surface area (Å²) in [5.41, 5.74) is 1.25. The molecule has 5 heteroatoms. The molecule has 0 bridgehead atoms. The van der Waals surface area contributed by atoms with Gasteiger partial charge in [-0.1, -0.05) is 20.8 Å². The van der Waals surface area contributed by atoms with E-state index in [0.717, 1.165) is 5.56 Å². The lowest BCUT2D eigenvalue weighted by atomic mass is 9.95. The average Bonchev–Trinajstić information content (AvgIpc) is 2.57. The van der Waals surface area contributed by atoms with E-state index in [0.29, 0.717) is 11.5 Å². The molecule has 1 aromatic heterocycles. The van der Waals surface area contributed by atoms with Crippen molar-refractivity contribution in [1.29, 1.82) is 0 Å². The van der Waals surface area contributed by atoms with E-state index in [-0.39, 0.29) is 16.5 Å². The van der Waals surface area contributed by atoms with Crippen molar-refractivity contribution < 1.29 is 4.39 Å². The highest BCUT2D eigenvalue weighted by atomic mass is 35.5. The van der Waals surface area contributed by atoms with Gasteiger partial charge in [0.05, 0.1) is 5.69 Å². The van der Waals surface area contributed by atoms with Crippen LogP contribution in [0.25, 0.3) is 5.69 Å². The molecule has 2 rings (SSSR count). The Morgan fingerprint density at radius 3 is 2.39 bits per heavy atom. The van der Waals surface area contributed by atoms with E-state index in [1.165, 1.54) is 12.1 Å². The summed E-state index contributed by atoms with van der Waals surface area (Å²) < 4.78 is 15.2. The van der Waals surface area contributed by atoms with E-state index in [1.807, 2.05) is 33.8 Å². The van der Waals surface area contributed by atoms with Gasteiger partial charge in [-0.05, 0) is 42.3 Å². The highest BCUT2D eigenvalue weighted by molar-refractivity contribution is 6.28. The number of aryl methyl sites for hydroxylation is 1. The van der Waals surface area contributed by atoms with Crippen molar-refractivity contribution >= 4 is 11.6 Å². The largest absolute Gasteiger partial charge is 0.269 e. The number of rotatable bonds is 1. The van der Waals surface area contributed by atoms with Gasteiger partial charge in [0, 0.05) is 5.41 Å². The number of aromatic nitrogens is 3. The molecular formula is C13H15ClFN3. The summed E-state index contributed by atoms with van der Waals surface area (Å²) in [7, 11) is 0. The number of benzene rings is 1. The Morgan fingerprint density at radius 2 is 1.83 bits per heavy atom. The van der Waals surface area contributed by atoms with E-state index in [9.17, 15) is 4.39 Å². The van der Waals surface area contributed by atoms with Crippen LogP contribution >= 0.6 is 11.6 Å². The molecule has 0 aliphatic carbocycles. The van der Waals surface area contributed by atoms with Gasteiger partial charge in [-0.25, -0.2) is 4.39 Å². The van der Waals surface area contributed by atoms with Gasteiger partial charge in [-0.2, -0.15) is 0 Å². The van der Waals surface area contributed by atoms with E-state index < -0.39 is 0 Å². The smallest absolute Gasteiger partial charge is 0.229 e. The second-order valence-corrected chi connectivity index (χ2v) is 5.70. The fraction of sp³-hybridized carbons (Fsp3) is 0.385. The first-order valence-corrected chi connectivity index (χ1v) is 6.06. The summed E-state index contributed by atoms with van der Waals surface area (Å²) in [6.45, 7) is 7.86. The van der Waals surface area contributed by atoms with Gasteiger partial charge in [-0.15, -0.1) is 10.2 Å². The van der Waals surface area contributed by atoms with Crippen LogP contribution in [-0.2, 0) is 5.41 Å². The Morgan fingerprint density at radius 1 is 1.17 bits per heavy atom.